The van der Waals surface area contributed by atoms with Gasteiger partial charge in [-0.05, 0) is 32.0 Å². The zero-order valence-corrected chi connectivity index (χ0v) is 18.4. The lowest BCUT2D eigenvalue weighted by atomic mass is 10.1. The van der Waals surface area contributed by atoms with Gasteiger partial charge in [0.25, 0.3) is 5.91 Å². The molecule has 1 amide bonds. The molecule has 11 heteroatoms. The van der Waals surface area contributed by atoms with Gasteiger partial charge in [0.15, 0.2) is 11.5 Å². The maximum Gasteiger partial charge on any atom is 0.274 e. The molecule has 32 heavy (non-hydrogen) atoms. The molecule has 0 fully saturated rings. The van der Waals surface area contributed by atoms with E-state index in [1.54, 1.807) is 55.6 Å². The van der Waals surface area contributed by atoms with E-state index in [0.717, 1.165) is 0 Å². The second kappa shape index (κ2) is 8.67. The Kier molecular flexibility index (Phi) is 5.78. The zero-order chi connectivity index (χ0) is 22.8. The van der Waals surface area contributed by atoms with Crippen LogP contribution in [0.2, 0.25) is 5.15 Å². The number of rotatable bonds is 5. The molecule has 4 aromatic heterocycles. The highest BCUT2D eigenvalue weighted by Crippen LogP contribution is 2.31. The predicted molar refractivity (Wildman–Crippen MR) is 120 cm³/mol. The van der Waals surface area contributed by atoms with Gasteiger partial charge in [0.05, 0.1) is 23.6 Å². The van der Waals surface area contributed by atoms with Gasteiger partial charge in [0.1, 0.15) is 16.5 Å². The molecule has 0 bridgehead atoms. The molecule has 4 aromatic rings. The highest BCUT2D eigenvalue weighted by Gasteiger charge is 2.23. The van der Waals surface area contributed by atoms with E-state index in [2.05, 4.69) is 35.3 Å². The van der Waals surface area contributed by atoms with Crippen molar-refractivity contribution in [2.75, 3.05) is 5.73 Å². The van der Waals surface area contributed by atoms with Crippen LogP contribution in [-0.4, -0.2) is 40.6 Å². The lowest BCUT2D eigenvalue weighted by Gasteiger charge is -2.15. The first-order chi connectivity index (χ1) is 15.3. The van der Waals surface area contributed by atoms with Gasteiger partial charge in [0.2, 0.25) is 0 Å². The van der Waals surface area contributed by atoms with Gasteiger partial charge >= 0.3 is 0 Å². The van der Waals surface area contributed by atoms with Crippen LogP contribution in [0.25, 0.3) is 22.6 Å². The maximum atomic E-state index is 13.0. The van der Waals surface area contributed by atoms with Crippen molar-refractivity contribution in [2.45, 2.75) is 19.9 Å². The van der Waals surface area contributed by atoms with E-state index in [-0.39, 0.29) is 11.5 Å². The molecular weight excluding hydrogens is 430 g/mol. The first-order valence-corrected chi connectivity index (χ1v) is 10.1. The first-order valence-electron chi connectivity index (χ1n) is 9.70. The molecule has 3 N–H and O–H groups in total. The molecule has 0 aliphatic carbocycles. The lowest BCUT2D eigenvalue weighted by Crippen LogP contribution is -2.29. The molecule has 1 atom stereocenters. The van der Waals surface area contributed by atoms with E-state index in [4.69, 9.17) is 17.3 Å². The minimum absolute atomic E-state index is 0.0130. The Morgan fingerprint density at radius 1 is 1.19 bits per heavy atom. The Bertz CT molecular complexity index is 1270. The van der Waals surface area contributed by atoms with Crippen molar-refractivity contribution in [3.8, 4) is 22.6 Å². The third-order valence-electron chi connectivity index (χ3n) is 4.66. The average molecular weight is 450 g/mol. The summed E-state index contributed by atoms with van der Waals surface area (Å²) < 4.78 is 1.64. The summed E-state index contributed by atoms with van der Waals surface area (Å²) in [4.78, 5) is 34.5. The molecule has 10 nitrogen and oxygen atoms in total. The topological polar surface area (TPSA) is 137 Å². The summed E-state index contributed by atoms with van der Waals surface area (Å²) in [5.74, 6) is -0.506. The molecule has 4 rings (SSSR count). The number of aromatic nitrogens is 7. The van der Waals surface area contributed by atoms with Crippen LogP contribution >= 0.6 is 11.6 Å². The van der Waals surface area contributed by atoms with Crippen LogP contribution in [0.3, 0.4) is 0 Å². The number of aryl methyl sites for hydroxylation is 2. The van der Waals surface area contributed by atoms with Gasteiger partial charge in [-0.25, -0.2) is 15.0 Å². The Morgan fingerprint density at radius 2 is 2.00 bits per heavy atom. The van der Waals surface area contributed by atoms with Crippen molar-refractivity contribution in [3.63, 3.8) is 0 Å². The third kappa shape index (κ3) is 4.40. The van der Waals surface area contributed by atoms with Gasteiger partial charge < -0.3 is 11.1 Å². The lowest BCUT2D eigenvalue weighted by molar-refractivity contribution is 0.0935. The summed E-state index contributed by atoms with van der Waals surface area (Å²) in [5.41, 5.74) is 9.50. The standard InChI is InChI=1S/C21H20ClN9O/c1-11-8-13(9-16(22)26-11)17-18(14-4-7-31(3)30-14)29-20(23)19(28-17)21(32)27-12(2)15-10-24-5-6-25-15/h4-10,12H,1-3H3,(H2,23,29)(H,27,32). The first kappa shape index (κ1) is 21.3. The van der Waals surface area contributed by atoms with Crippen molar-refractivity contribution in [2.24, 2.45) is 7.05 Å². The van der Waals surface area contributed by atoms with Gasteiger partial charge in [-0.1, -0.05) is 11.6 Å². The number of carbonyl (C=O) groups excluding carboxylic acids is 1. The number of carbonyl (C=O) groups is 1. The molecule has 0 aliphatic heterocycles. The number of nitrogen functional groups attached to an aromatic ring is 1. The molecule has 0 saturated carbocycles. The highest BCUT2D eigenvalue weighted by atomic mass is 35.5. The SMILES string of the molecule is Cc1cc(-c2nc(C(=O)NC(C)c3cnccn3)c(N)nc2-c2ccn(C)n2)cc(Cl)n1. The van der Waals surface area contributed by atoms with E-state index in [0.29, 0.717) is 39.2 Å². The molecular formula is C21H20ClN9O. The van der Waals surface area contributed by atoms with Crippen LogP contribution in [-0.2, 0) is 7.05 Å². The predicted octanol–water partition coefficient (Wildman–Crippen LogP) is 2.76. The fourth-order valence-electron chi connectivity index (χ4n) is 3.17. The molecule has 0 saturated heterocycles. The fraction of sp³-hybridized carbons (Fsp3) is 0.190. The van der Waals surface area contributed by atoms with Crippen LogP contribution in [0, 0.1) is 6.92 Å². The van der Waals surface area contributed by atoms with Crippen molar-refractivity contribution in [1.82, 2.24) is 40.0 Å². The van der Waals surface area contributed by atoms with E-state index in [1.807, 2.05) is 13.0 Å². The summed E-state index contributed by atoms with van der Waals surface area (Å²) in [5, 5.41) is 7.54. The molecule has 0 spiro atoms. The Hall–Kier alpha value is -3.92. The number of hydrogen-bond donors (Lipinski definition) is 2. The summed E-state index contributed by atoms with van der Waals surface area (Å²) in [6.07, 6.45) is 6.48. The molecule has 0 aromatic carbocycles. The number of halogens is 1. The van der Waals surface area contributed by atoms with Crippen LogP contribution in [0.1, 0.15) is 34.8 Å². The van der Waals surface area contributed by atoms with Crippen molar-refractivity contribution < 1.29 is 4.79 Å². The van der Waals surface area contributed by atoms with Crippen LogP contribution in [0.15, 0.2) is 43.0 Å². The smallest absolute Gasteiger partial charge is 0.274 e. The molecule has 1 unspecified atom stereocenters. The quantitative estimate of drug-likeness (QED) is 0.443. The fourth-order valence-corrected chi connectivity index (χ4v) is 3.43. The van der Waals surface area contributed by atoms with Crippen LogP contribution in [0.5, 0.6) is 0 Å². The second-order valence-corrected chi connectivity index (χ2v) is 7.56. The Labute approximate surface area is 188 Å². The highest BCUT2D eigenvalue weighted by molar-refractivity contribution is 6.29. The number of anilines is 1. The minimum atomic E-state index is -0.487. The maximum absolute atomic E-state index is 13.0. The van der Waals surface area contributed by atoms with Crippen LogP contribution in [0.4, 0.5) is 5.82 Å². The molecule has 0 aliphatic rings. The van der Waals surface area contributed by atoms with Gasteiger partial charge in [0, 0.05) is 36.9 Å². The molecule has 0 radical (unpaired) electrons. The van der Waals surface area contributed by atoms with E-state index in [1.165, 1.54) is 0 Å². The second-order valence-electron chi connectivity index (χ2n) is 7.17. The average Bonchev–Trinajstić information content (AvgIpc) is 3.19. The number of amides is 1. The summed E-state index contributed by atoms with van der Waals surface area (Å²) >= 11 is 6.18. The summed E-state index contributed by atoms with van der Waals surface area (Å²) in [7, 11) is 1.79. The minimum Gasteiger partial charge on any atom is -0.382 e. The van der Waals surface area contributed by atoms with Gasteiger partial charge in [-0.2, -0.15) is 5.10 Å². The zero-order valence-electron chi connectivity index (χ0n) is 17.6. The number of nitrogens with zero attached hydrogens (tertiary/aromatic N) is 7. The van der Waals surface area contributed by atoms with Crippen LogP contribution < -0.4 is 11.1 Å². The van der Waals surface area contributed by atoms with E-state index >= 15 is 0 Å². The van der Waals surface area contributed by atoms with Crippen molar-refractivity contribution in [3.05, 3.63) is 65.2 Å². The Balaban J connectivity index is 1.80. The van der Waals surface area contributed by atoms with E-state index in [9.17, 15) is 4.79 Å². The van der Waals surface area contributed by atoms with Crippen molar-refractivity contribution in [1.29, 1.82) is 0 Å². The van der Waals surface area contributed by atoms with Crippen molar-refractivity contribution >= 4 is 23.3 Å². The summed E-state index contributed by atoms with van der Waals surface area (Å²) in [6.45, 7) is 3.61. The number of pyridine rings is 1. The summed E-state index contributed by atoms with van der Waals surface area (Å²) in [6, 6.07) is 4.85. The Morgan fingerprint density at radius 3 is 2.66 bits per heavy atom. The largest absolute Gasteiger partial charge is 0.382 e. The molecule has 4 heterocycles. The monoisotopic (exact) mass is 449 g/mol. The number of hydrogen-bond acceptors (Lipinski definition) is 8. The number of nitrogens with one attached hydrogen (secondary N) is 1. The van der Waals surface area contributed by atoms with Gasteiger partial charge in [-0.15, -0.1) is 0 Å². The normalized spacial score (nSPS) is 11.9. The number of nitrogens with two attached hydrogens (primary N) is 1. The molecule has 162 valence electrons. The van der Waals surface area contributed by atoms with Gasteiger partial charge in [-0.3, -0.25) is 19.4 Å². The third-order valence-corrected chi connectivity index (χ3v) is 4.86. The van der Waals surface area contributed by atoms with E-state index < -0.39 is 11.9 Å².